The monoisotopic (exact) mass is 420 g/mol. The molecule has 2 amide bonds. The van der Waals surface area contributed by atoms with Gasteiger partial charge in [-0.15, -0.1) is 0 Å². The minimum Gasteiger partial charge on any atom is -0.497 e. The van der Waals surface area contributed by atoms with Gasteiger partial charge in [-0.25, -0.2) is 0 Å². The van der Waals surface area contributed by atoms with Gasteiger partial charge >= 0.3 is 0 Å². The highest BCUT2D eigenvalue weighted by atomic mass is 16.5. The molecule has 1 spiro atoms. The second-order valence-electron chi connectivity index (χ2n) is 8.83. The number of H-pyrrole nitrogens is 1. The molecule has 4 atom stereocenters. The molecule has 160 valence electrons. The fourth-order valence-corrected chi connectivity index (χ4v) is 5.61. The number of hydrogen-bond acceptors (Lipinski definition) is 5. The van der Waals surface area contributed by atoms with Gasteiger partial charge in [-0.2, -0.15) is 5.10 Å². The highest BCUT2D eigenvalue weighted by molar-refractivity contribution is 5.93. The maximum Gasteiger partial charge on any atom is 0.230 e. The van der Waals surface area contributed by atoms with Gasteiger partial charge in [-0.1, -0.05) is 24.3 Å². The van der Waals surface area contributed by atoms with Crippen LogP contribution in [0.4, 0.5) is 0 Å². The minimum absolute atomic E-state index is 0.00431. The summed E-state index contributed by atoms with van der Waals surface area (Å²) in [4.78, 5) is 30.7. The van der Waals surface area contributed by atoms with Crippen LogP contribution in [-0.4, -0.2) is 63.7 Å². The van der Waals surface area contributed by atoms with Crippen LogP contribution in [0.2, 0.25) is 0 Å². The second-order valence-corrected chi connectivity index (χ2v) is 8.83. The van der Waals surface area contributed by atoms with Crippen molar-refractivity contribution in [2.24, 2.45) is 11.8 Å². The molecule has 2 unspecified atom stereocenters. The predicted octanol–water partition coefficient (Wildman–Crippen LogP) is 1.29. The Morgan fingerprint density at radius 2 is 2.32 bits per heavy atom. The Labute approximate surface area is 179 Å². The zero-order valence-corrected chi connectivity index (χ0v) is 17.3. The van der Waals surface area contributed by atoms with E-state index < -0.39 is 17.4 Å². The lowest BCUT2D eigenvalue weighted by Gasteiger charge is -2.32. The van der Waals surface area contributed by atoms with Gasteiger partial charge in [0.15, 0.2) is 0 Å². The van der Waals surface area contributed by atoms with Crippen molar-refractivity contribution in [3.05, 3.63) is 59.4 Å². The normalized spacial score (nSPS) is 30.6. The number of rotatable bonds is 4. The van der Waals surface area contributed by atoms with Crippen molar-refractivity contribution in [2.45, 2.75) is 31.2 Å². The molecule has 0 aliphatic carbocycles. The van der Waals surface area contributed by atoms with Crippen molar-refractivity contribution in [1.82, 2.24) is 20.0 Å². The van der Waals surface area contributed by atoms with E-state index in [1.165, 1.54) is 0 Å². The third kappa shape index (κ3) is 2.74. The molecule has 8 heteroatoms. The number of methoxy groups -OCH3 is 1. The first kappa shape index (κ1) is 18.6. The summed E-state index contributed by atoms with van der Waals surface area (Å²) >= 11 is 0. The lowest BCUT2D eigenvalue weighted by molar-refractivity contribution is -0.144. The van der Waals surface area contributed by atoms with Gasteiger partial charge in [0.1, 0.15) is 11.4 Å². The van der Waals surface area contributed by atoms with Crippen molar-refractivity contribution in [2.75, 3.05) is 20.2 Å². The molecule has 2 bridgehead atoms. The van der Waals surface area contributed by atoms with Crippen LogP contribution in [0.5, 0.6) is 5.75 Å². The number of benzene rings is 1. The van der Waals surface area contributed by atoms with Gasteiger partial charge in [0.2, 0.25) is 11.8 Å². The van der Waals surface area contributed by atoms with Crippen LogP contribution >= 0.6 is 0 Å². The summed E-state index contributed by atoms with van der Waals surface area (Å²) in [6.45, 7) is 2.09. The Kier molecular flexibility index (Phi) is 4.02. The van der Waals surface area contributed by atoms with Crippen molar-refractivity contribution in [3.8, 4) is 5.75 Å². The number of ether oxygens (including phenoxy) is 2. The maximum atomic E-state index is 13.5. The molecule has 1 N–H and O–H groups in total. The molecule has 31 heavy (non-hydrogen) atoms. The van der Waals surface area contributed by atoms with Gasteiger partial charge in [0, 0.05) is 37.3 Å². The van der Waals surface area contributed by atoms with E-state index in [0.29, 0.717) is 26.2 Å². The summed E-state index contributed by atoms with van der Waals surface area (Å²) < 4.78 is 11.6. The smallest absolute Gasteiger partial charge is 0.230 e. The number of carbonyl (C=O) groups is 2. The molecule has 6 rings (SSSR count). The van der Waals surface area contributed by atoms with Crippen LogP contribution in [-0.2, 0) is 33.8 Å². The SMILES string of the molecule is COc1cccc(CN2C[C@@]34C=C[C@@H](O3)C(C(=O)N3CCc5[nH]ncc5C3)C4C2=O)c1. The Bertz CT molecular complexity index is 1090. The number of likely N-dealkylation sites (tertiary alicyclic amines) is 1. The number of amides is 2. The largest absolute Gasteiger partial charge is 0.497 e. The van der Waals surface area contributed by atoms with E-state index in [1.54, 1.807) is 13.3 Å². The molecular formula is C23H24N4O4. The highest BCUT2D eigenvalue weighted by Gasteiger charge is 2.67. The van der Waals surface area contributed by atoms with Gasteiger partial charge in [-0.05, 0) is 17.7 Å². The summed E-state index contributed by atoms with van der Waals surface area (Å²) in [5.74, 6) is -0.178. The molecule has 2 fully saturated rings. The number of nitrogens with one attached hydrogen (secondary N) is 1. The topological polar surface area (TPSA) is 87.8 Å². The number of hydrogen-bond donors (Lipinski definition) is 1. The van der Waals surface area contributed by atoms with E-state index in [2.05, 4.69) is 10.2 Å². The average molecular weight is 420 g/mol. The van der Waals surface area contributed by atoms with E-state index in [9.17, 15) is 9.59 Å². The maximum absolute atomic E-state index is 13.5. The van der Waals surface area contributed by atoms with Crippen LogP contribution in [0.15, 0.2) is 42.6 Å². The Morgan fingerprint density at radius 3 is 3.19 bits per heavy atom. The molecule has 1 aromatic carbocycles. The number of carbonyl (C=O) groups excluding carboxylic acids is 2. The van der Waals surface area contributed by atoms with Crippen LogP contribution in [0.25, 0.3) is 0 Å². The van der Waals surface area contributed by atoms with E-state index in [-0.39, 0.29) is 17.9 Å². The summed E-state index contributed by atoms with van der Waals surface area (Å²) in [5, 5.41) is 7.09. The lowest BCUT2D eigenvalue weighted by atomic mass is 9.76. The predicted molar refractivity (Wildman–Crippen MR) is 110 cm³/mol. The molecule has 4 aliphatic rings. The average Bonchev–Trinajstić information content (AvgIpc) is 3.54. The quantitative estimate of drug-likeness (QED) is 0.753. The summed E-state index contributed by atoms with van der Waals surface area (Å²) in [6, 6.07) is 7.72. The van der Waals surface area contributed by atoms with E-state index in [1.807, 2.05) is 46.2 Å². The number of aromatic nitrogens is 2. The summed E-state index contributed by atoms with van der Waals surface area (Å²) in [6.07, 6.45) is 6.17. The van der Waals surface area contributed by atoms with Crippen LogP contribution in [0.1, 0.15) is 16.8 Å². The molecule has 1 aromatic heterocycles. The van der Waals surface area contributed by atoms with Crippen LogP contribution in [0, 0.1) is 11.8 Å². The van der Waals surface area contributed by atoms with Crippen LogP contribution < -0.4 is 4.74 Å². The first-order valence-corrected chi connectivity index (χ1v) is 10.7. The van der Waals surface area contributed by atoms with Gasteiger partial charge in [-0.3, -0.25) is 14.7 Å². The van der Waals surface area contributed by atoms with Crippen molar-refractivity contribution in [1.29, 1.82) is 0 Å². The van der Waals surface area contributed by atoms with Crippen molar-refractivity contribution < 1.29 is 19.1 Å². The van der Waals surface area contributed by atoms with E-state index in [4.69, 9.17) is 9.47 Å². The first-order chi connectivity index (χ1) is 15.1. The van der Waals surface area contributed by atoms with Crippen molar-refractivity contribution in [3.63, 3.8) is 0 Å². The van der Waals surface area contributed by atoms with E-state index >= 15 is 0 Å². The third-order valence-corrected chi connectivity index (χ3v) is 7.08. The number of aromatic amines is 1. The van der Waals surface area contributed by atoms with Gasteiger partial charge < -0.3 is 19.3 Å². The summed E-state index contributed by atoms with van der Waals surface area (Å²) in [5.41, 5.74) is 2.43. The molecule has 0 radical (unpaired) electrons. The standard InChI is InChI=1S/C23H24N4O4/c1-30-16-4-2-3-14(9-16)11-27-13-23-7-5-18(31-23)19(20(23)22(27)29)21(28)26-8-6-17-15(12-26)10-24-25-17/h2-5,7,9-10,18-20H,6,8,11-13H2,1H3,(H,24,25)/t18-,19?,20?,23-/m1/s1. The zero-order chi connectivity index (χ0) is 21.2. The summed E-state index contributed by atoms with van der Waals surface area (Å²) in [7, 11) is 1.63. The fraction of sp³-hybridized carbons (Fsp3) is 0.435. The van der Waals surface area contributed by atoms with Crippen LogP contribution in [0.3, 0.4) is 0 Å². The highest BCUT2D eigenvalue weighted by Crippen LogP contribution is 2.52. The molecule has 8 nitrogen and oxygen atoms in total. The molecule has 5 heterocycles. The van der Waals surface area contributed by atoms with E-state index in [0.717, 1.165) is 29.0 Å². The van der Waals surface area contributed by atoms with Gasteiger partial charge in [0.05, 0.1) is 37.8 Å². The van der Waals surface area contributed by atoms with Gasteiger partial charge in [0.25, 0.3) is 0 Å². The molecule has 4 aliphatic heterocycles. The molecule has 0 saturated carbocycles. The molecule has 2 aromatic rings. The first-order valence-electron chi connectivity index (χ1n) is 10.7. The molecular weight excluding hydrogens is 396 g/mol. The number of fused-ring (bicyclic) bond motifs is 2. The molecule has 2 saturated heterocycles. The zero-order valence-electron chi connectivity index (χ0n) is 17.3. The third-order valence-electron chi connectivity index (χ3n) is 7.08. The fourth-order valence-electron chi connectivity index (χ4n) is 5.61. The lowest BCUT2D eigenvalue weighted by Crippen LogP contribution is -2.47. The minimum atomic E-state index is -0.697. The second kappa shape index (κ2) is 6.68. The Morgan fingerprint density at radius 1 is 1.42 bits per heavy atom. The Hall–Kier alpha value is -3.13. The Balaban J connectivity index is 1.24. The number of nitrogens with zero attached hydrogens (tertiary/aromatic N) is 3. The van der Waals surface area contributed by atoms with Crippen molar-refractivity contribution >= 4 is 11.8 Å².